The first kappa shape index (κ1) is 14.5. The summed E-state index contributed by atoms with van der Waals surface area (Å²) in [4.78, 5) is 5.62. The quantitative estimate of drug-likeness (QED) is 0.922. The molecule has 2 rings (SSSR count). The molecule has 2 aromatic rings. The number of halogens is 1. The van der Waals surface area contributed by atoms with Gasteiger partial charge in [0.2, 0.25) is 0 Å². The van der Waals surface area contributed by atoms with E-state index in [1.807, 2.05) is 26.4 Å². The molecule has 0 bridgehead atoms. The van der Waals surface area contributed by atoms with E-state index in [2.05, 4.69) is 22.3 Å². The highest BCUT2D eigenvalue weighted by atomic mass is 35.5. The van der Waals surface area contributed by atoms with Gasteiger partial charge in [0.25, 0.3) is 0 Å². The Balaban J connectivity index is 2.29. The number of likely N-dealkylation sites (N-methyl/N-ethyl adjacent to an activating group) is 1. The van der Waals surface area contributed by atoms with Gasteiger partial charge in [-0.15, -0.1) is 11.3 Å². The lowest BCUT2D eigenvalue weighted by molar-refractivity contribution is 0.553. The fourth-order valence-electron chi connectivity index (χ4n) is 2.26. The summed E-state index contributed by atoms with van der Waals surface area (Å²) < 4.78 is 1.73. The molecule has 2 aromatic heterocycles. The van der Waals surface area contributed by atoms with Crippen LogP contribution in [0.2, 0.25) is 5.15 Å². The fraction of sp³-hybridized carbons (Fsp3) is 0.538. The monoisotopic (exact) mass is 298 g/mol. The number of rotatable bonds is 5. The van der Waals surface area contributed by atoms with E-state index in [-0.39, 0.29) is 6.04 Å². The van der Waals surface area contributed by atoms with Crippen LogP contribution in [-0.4, -0.2) is 21.3 Å². The summed E-state index contributed by atoms with van der Waals surface area (Å²) >= 11 is 8.01. The van der Waals surface area contributed by atoms with Crippen molar-refractivity contribution in [2.24, 2.45) is 7.05 Å². The molecule has 0 spiro atoms. The molecule has 0 aliphatic rings. The average molecular weight is 299 g/mol. The van der Waals surface area contributed by atoms with Gasteiger partial charge in [0.15, 0.2) is 0 Å². The van der Waals surface area contributed by atoms with Crippen molar-refractivity contribution >= 4 is 22.9 Å². The van der Waals surface area contributed by atoms with Gasteiger partial charge in [-0.3, -0.25) is 4.68 Å². The van der Waals surface area contributed by atoms with Crippen LogP contribution in [0.3, 0.4) is 0 Å². The van der Waals surface area contributed by atoms with E-state index in [0.717, 1.165) is 35.1 Å². The summed E-state index contributed by atoms with van der Waals surface area (Å²) in [5.74, 6) is 0. The minimum Gasteiger partial charge on any atom is -0.309 e. The number of thiazole rings is 1. The molecule has 19 heavy (non-hydrogen) atoms. The van der Waals surface area contributed by atoms with Crippen molar-refractivity contribution in [3.05, 3.63) is 32.5 Å². The SMILES string of the molecule is CCNC(Cc1c(C)nn(C)c1Cl)c1scnc1C. The highest BCUT2D eigenvalue weighted by Gasteiger charge is 2.20. The van der Waals surface area contributed by atoms with Gasteiger partial charge in [0.1, 0.15) is 5.15 Å². The third-order valence-electron chi connectivity index (χ3n) is 3.23. The molecular formula is C13H19ClN4S. The zero-order chi connectivity index (χ0) is 14.0. The molecule has 0 aliphatic heterocycles. The Morgan fingerprint density at radius 2 is 2.16 bits per heavy atom. The maximum atomic E-state index is 6.32. The van der Waals surface area contributed by atoms with Crippen LogP contribution in [0.4, 0.5) is 0 Å². The molecule has 0 saturated heterocycles. The van der Waals surface area contributed by atoms with Crippen LogP contribution in [0.5, 0.6) is 0 Å². The zero-order valence-electron chi connectivity index (χ0n) is 11.7. The Kier molecular flexibility index (Phi) is 4.60. The standard InChI is InChI=1S/C13H19ClN4S/c1-5-15-11(12-9(3)16-7-19-12)6-10-8(2)17-18(4)13(10)14/h7,11,15H,5-6H2,1-4H3. The summed E-state index contributed by atoms with van der Waals surface area (Å²) in [6.45, 7) is 7.08. The maximum absolute atomic E-state index is 6.32. The summed E-state index contributed by atoms with van der Waals surface area (Å²) in [6, 6.07) is 0.248. The van der Waals surface area contributed by atoms with Gasteiger partial charge in [-0.25, -0.2) is 4.98 Å². The Morgan fingerprint density at radius 3 is 2.63 bits per heavy atom. The van der Waals surface area contributed by atoms with E-state index in [4.69, 9.17) is 11.6 Å². The minimum absolute atomic E-state index is 0.248. The highest BCUT2D eigenvalue weighted by Crippen LogP contribution is 2.29. The molecule has 1 unspecified atom stereocenters. The van der Waals surface area contributed by atoms with Gasteiger partial charge >= 0.3 is 0 Å². The van der Waals surface area contributed by atoms with E-state index in [1.54, 1.807) is 16.0 Å². The second-order valence-electron chi connectivity index (χ2n) is 4.59. The van der Waals surface area contributed by atoms with E-state index in [1.165, 1.54) is 4.88 Å². The lowest BCUT2D eigenvalue weighted by atomic mass is 10.0. The van der Waals surface area contributed by atoms with Gasteiger partial charge in [-0.2, -0.15) is 5.10 Å². The molecule has 1 N–H and O–H groups in total. The molecule has 104 valence electrons. The number of hydrogen-bond donors (Lipinski definition) is 1. The zero-order valence-corrected chi connectivity index (χ0v) is 13.3. The van der Waals surface area contributed by atoms with Crippen LogP contribution in [0.1, 0.15) is 34.8 Å². The lowest BCUT2D eigenvalue weighted by Crippen LogP contribution is -2.23. The largest absolute Gasteiger partial charge is 0.309 e. The highest BCUT2D eigenvalue weighted by molar-refractivity contribution is 7.09. The number of nitrogens with zero attached hydrogens (tertiary/aromatic N) is 3. The van der Waals surface area contributed by atoms with Crippen molar-refractivity contribution in [1.82, 2.24) is 20.1 Å². The molecule has 0 aliphatic carbocycles. The normalized spacial score (nSPS) is 12.9. The summed E-state index contributed by atoms with van der Waals surface area (Å²) in [7, 11) is 1.87. The van der Waals surface area contributed by atoms with Gasteiger partial charge in [0.05, 0.1) is 16.9 Å². The summed E-state index contributed by atoms with van der Waals surface area (Å²) in [5.41, 5.74) is 5.10. The smallest absolute Gasteiger partial charge is 0.130 e. The third-order valence-corrected chi connectivity index (χ3v) is 4.75. The van der Waals surface area contributed by atoms with E-state index >= 15 is 0 Å². The number of aryl methyl sites for hydroxylation is 3. The van der Waals surface area contributed by atoms with Crippen molar-refractivity contribution < 1.29 is 0 Å². The number of hydrogen-bond acceptors (Lipinski definition) is 4. The van der Waals surface area contributed by atoms with Crippen molar-refractivity contribution in [3.63, 3.8) is 0 Å². The van der Waals surface area contributed by atoms with E-state index in [0.29, 0.717) is 0 Å². The summed E-state index contributed by atoms with van der Waals surface area (Å²) in [6.07, 6.45) is 0.843. The predicted molar refractivity (Wildman–Crippen MR) is 79.9 cm³/mol. The molecule has 0 saturated carbocycles. The Morgan fingerprint density at radius 1 is 1.42 bits per heavy atom. The lowest BCUT2D eigenvalue weighted by Gasteiger charge is -2.17. The van der Waals surface area contributed by atoms with Gasteiger partial charge in [0, 0.05) is 23.5 Å². The first-order chi connectivity index (χ1) is 9.04. The molecule has 0 fully saturated rings. The number of nitrogens with one attached hydrogen (secondary N) is 1. The molecule has 0 radical (unpaired) electrons. The molecule has 0 amide bonds. The summed E-state index contributed by atoms with van der Waals surface area (Å²) in [5, 5.41) is 8.61. The topological polar surface area (TPSA) is 42.7 Å². The van der Waals surface area contributed by atoms with Crippen LogP contribution in [0.25, 0.3) is 0 Å². The van der Waals surface area contributed by atoms with Crippen molar-refractivity contribution in [3.8, 4) is 0 Å². The van der Waals surface area contributed by atoms with Crippen LogP contribution in [-0.2, 0) is 13.5 Å². The van der Waals surface area contributed by atoms with Crippen molar-refractivity contribution in [2.75, 3.05) is 6.54 Å². The Labute approximate surface area is 122 Å². The average Bonchev–Trinajstić information content (AvgIpc) is 2.88. The van der Waals surface area contributed by atoms with E-state index < -0.39 is 0 Å². The Hall–Kier alpha value is -0.910. The van der Waals surface area contributed by atoms with Gasteiger partial charge in [-0.05, 0) is 26.8 Å². The molecule has 1 atom stereocenters. The second-order valence-corrected chi connectivity index (χ2v) is 5.84. The van der Waals surface area contributed by atoms with Gasteiger partial charge in [-0.1, -0.05) is 18.5 Å². The fourth-order valence-corrected chi connectivity index (χ4v) is 3.39. The van der Waals surface area contributed by atoms with Gasteiger partial charge < -0.3 is 5.32 Å². The van der Waals surface area contributed by atoms with Crippen molar-refractivity contribution in [1.29, 1.82) is 0 Å². The van der Waals surface area contributed by atoms with Crippen LogP contribution in [0, 0.1) is 13.8 Å². The van der Waals surface area contributed by atoms with Crippen LogP contribution in [0.15, 0.2) is 5.51 Å². The number of aromatic nitrogens is 3. The maximum Gasteiger partial charge on any atom is 0.130 e. The molecule has 4 nitrogen and oxygen atoms in total. The molecule has 6 heteroatoms. The van der Waals surface area contributed by atoms with Crippen LogP contribution < -0.4 is 5.32 Å². The first-order valence-corrected chi connectivity index (χ1v) is 7.61. The molecule has 0 aromatic carbocycles. The molecular weight excluding hydrogens is 280 g/mol. The molecule has 2 heterocycles. The minimum atomic E-state index is 0.248. The first-order valence-electron chi connectivity index (χ1n) is 6.35. The Bertz CT molecular complexity index is 561. The van der Waals surface area contributed by atoms with E-state index in [9.17, 15) is 0 Å². The van der Waals surface area contributed by atoms with Crippen molar-refractivity contribution in [2.45, 2.75) is 33.2 Å². The predicted octanol–water partition coefficient (Wildman–Crippen LogP) is 3.04. The van der Waals surface area contributed by atoms with Crippen LogP contribution >= 0.6 is 22.9 Å². The second kappa shape index (κ2) is 6.03. The third kappa shape index (κ3) is 2.99.